The smallest absolute Gasteiger partial charge is 0.224 e. The van der Waals surface area contributed by atoms with E-state index in [4.69, 9.17) is 10.5 Å². The van der Waals surface area contributed by atoms with Crippen LogP contribution in [0.3, 0.4) is 0 Å². The zero-order valence-corrected chi connectivity index (χ0v) is 17.3. The summed E-state index contributed by atoms with van der Waals surface area (Å²) in [4.78, 5) is 18.7. The normalized spacial score (nSPS) is 19.1. The lowest BCUT2D eigenvalue weighted by atomic mass is 9.91. The molecule has 0 saturated heterocycles. The summed E-state index contributed by atoms with van der Waals surface area (Å²) in [5.41, 5.74) is 9.31. The molecule has 1 amide bonds. The first-order chi connectivity index (χ1) is 14.5. The molecule has 30 heavy (non-hydrogen) atoms. The van der Waals surface area contributed by atoms with Gasteiger partial charge in [0.25, 0.3) is 0 Å². The monoisotopic (exact) mass is 407 g/mol. The van der Waals surface area contributed by atoms with Gasteiger partial charge in [-0.3, -0.25) is 9.79 Å². The van der Waals surface area contributed by atoms with Crippen LogP contribution < -0.4 is 15.4 Å². The number of carbonyl (C=O) groups excluding carboxylic acids is 1. The molecule has 2 N–H and O–H groups in total. The lowest BCUT2D eigenvalue weighted by molar-refractivity contribution is -0.117. The maximum Gasteiger partial charge on any atom is 0.224 e. The van der Waals surface area contributed by atoms with Gasteiger partial charge in [-0.2, -0.15) is 0 Å². The van der Waals surface area contributed by atoms with Crippen LogP contribution >= 0.6 is 0 Å². The second kappa shape index (κ2) is 8.30. The molecule has 0 bridgehead atoms. The lowest BCUT2D eigenvalue weighted by Crippen LogP contribution is -2.40. The summed E-state index contributed by atoms with van der Waals surface area (Å²) in [6, 6.07) is 10.3. The molecule has 0 spiro atoms. The third-order valence-electron chi connectivity index (χ3n) is 5.58. The van der Waals surface area contributed by atoms with Gasteiger partial charge in [-0.25, -0.2) is 4.39 Å². The number of anilines is 1. The van der Waals surface area contributed by atoms with Crippen LogP contribution in [-0.2, 0) is 11.2 Å². The van der Waals surface area contributed by atoms with E-state index < -0.39 is 0 Å². The second-order valence-corrected chi connectivity index (χ2v) is 7.90. The highest BCUT2D eigenvalue weighted by Crippen LogP contribution is 2.43. The van der Waals surface area contributed by atoms with Crippen molar-refractivity contribution in [3.05, 3.63) is 59.5 Å². The standard InChI is InChI=1S/C24H26FN3O2/c1-15-3-10-22-23(28(15)16(2)29)12-11-21(17(13-26)14-27-19-6-7-19)24(22)30-20-8-4-18(25)5-9-20/h4-5,8-9,11-15,19H,3,6-7,10,26H2,1-2H3/t15-/m0/s1. The maximum absolute atomic E-state index is 13.4. The Morgan fingerprint density at radius 2 is 1.93 bits per heavy atom. The molecular formula is C24H26FN3O2. The van der Waals surface area contributed by atoms with Crippen LogP contribution in [0.5, 0.6) is 11.5 Å². The summed E-state index contributed by atoms with van der Waals surface area (Å²) in [6.45, 7) is 3.62. The van der Waals surface area contributed by atoms with Gasteiger partial charge in [0.2, 0.25) is 5.91 Å². The third-order valence-corrected chi connectivity index (χ3v) is 5.58. The fraction of sp³-hybridized carbons (Fsp3) is 0.333. The average molecular weight is 407 g/mol. The molecule has 0 radical (unpaired) electrons. The minimum absolute atomic E-state index is 0.00572. The van der Waals surface area contributed by atoms with Gasteiger partial charge in [0.15, 0.2) is 0 Å². The van der Waals surface area contributed by atoms with E-state index >= 15 is 0 Å². The number of hydrogen-bond donors (Lipinski definition) is 1. The third kappa shape index (κ3) is 4.08. The van der Waals surface area contributed by atoms with Gasteiger partial charge in [-0.15, -0.1) is 0 Å². The Kier molecular flexibility index (Phi) is 5.57. The van der Waals surface area contributed by atoms with Crippen LogP contribution in [0.2, 0.25) is 0 Å². The van der Waals surface area contributed by atoms with Crippen molar-refractivity contribution in [2.45, 2.75) is 51.6 Å². The molecule has 2 aromatic carbocycles. The Morgan fingerprint density at radius 1 is 1.20 bits per heavy atom. The molecule has 2 aromatic rings. The number of amides is 1. The highest BCUT2D eigenvalue weighted by Gasteiger charge is 2.30. The molecule has 0 unspecified atom stereocenters. The van der Waals surface area contributed by atoms with Crippen molar-refractivity contribution in [2.24, 2.45) is 10.7 Å². The van der Waals surface area contributed by atoms with E-state index in [1.165, 1.54) is 18.3 Å². The predicted molar refractivity (Wildman–Crippen MR) is 118 cm³/mol. The number of nitrogens with zero attached hydrogens (tertiary/aromatic N) is 2. The number of carbonyl (C=O) groups is 1. The molecule has 5 nitrogen and oxygen atoms in total. The van der Waals surface area contributed by atoms with Crippen LogP contribution in [0.4, 0.5) is 10.1 Å². The molecule has 1 aliphatic carbocycles. The zero-order chi connectivity index (χ0) is 21.3. The van der Waals surface area contributed by atoms with Crippen LogP contribution in [0.15, 0.2) is 47.6 Å². The molecule has 1 saturated carbocycles. The quantitative estimate of drug-likeness (QED) is 0.721. The van der Waals surface area contributed by atoms with Crippen molar-refractivity contribution in [3.8, 4) is 11.5 Å². The molecule has 156 valence electrons. The molecule has 2 aliphatic rings. The molecule has 4 rings (SSSR count). The molecule has 0 aromatic heterocycles. The highest BCUT2D eigenvalue weighted by molar-refractivity contribution is 6.11. The second-order valence-electron chi connectivity index (χ2n) is 7.90. The summed E-state index contributed by atoms with van der Waals surface area (Å²) in [6.07, 6.45) is 7.12. The Bertz CT molecular complexity index is 1010. The number of ether oxygens (including phenoxy) is 1. The van der Waals surface area contributed by atoms with Crippen LogP contribution in [0.1, 0.15) is 44.2 Å². The van der Waals surface area contributed by atoms with Crippen LogP contribution in [0, 0.1) is 5.82 Å². The highest BCUT2D eigenvalue weighted by atomic mass is 19.1. The van der Waals surface area contributed by atoms with E-state index in [9.17, 15) is 9.18 Å². The maximum atomic E-state index is 13.4. The zero-order valence-electron chi connectivity index (χ0n) is 17.3. The fourth-order valence-electron chi connectivity index (χ4n) is 3.86. The largest absolute Gasteiger partial charge is 0.456 e. The SMILES string of the molecule is CC(=O)N1c2ccc(C(C=NC3CC3)=CN)c(Oc3ccc(F)cc3)c2CC[C@@H]1C. The Labute approximate surface area is 176 Å². The summed E-state index contributed by atoms with van der Waals surface area (Å²) >= 11 is 0. The minimum Gasteiger partial charge on any atom is -0.456 e. The Morgan fingerprint density at radius 3 is 2.57 bits per heavy atom. The van der Waals surface area contributed by atoms with E-state index in [0.29, 0.717) is 17.5 Å². The Hall–Kier alpha value is -3.15. The summed E-state index contributed by atoms with van der Waals surface area (Å²) in [7, 11) is 0. The number of rotatable bonds is 5. The van der Waals surface area contributed by atoms with Gasteiger partial charge in [-0.05, 0) is 69.0 Å². The van der Waals surface area contributed by atoms with Crippen molar-refractivity contribution in [1.29, 1.82) is 0 Å². The van der Waals surface area contributed by atoms with E-state index in [-0.39, 0.29) is 17.8 Å². The molecule has 1 aliphatic heterocycles. The molecule has 1 atom stereocenters. The number of nitrogens with two attached hydrogens (primary N) is 1. The van der Waals surface area contributed by atoms with Gasteiger partial charge in [0.1, 0.15) is 17.3 Å². The van der Waals surface area contributed by atoms with E-state index in [1.807, 2.05) is 24.0 Å². The van der Waals surface area contributed by atoms with E-state index in [2.05, 4.69) is 4.99 Å². The van der Waals surface area contributed by atoms with Crippen LogP contribution in [-0.4, -0.2) is 24.2 Å². The van der Waals surface area contributed by atoms with Gasteiger partial charge >= 0.3 is 0 Å². The van der Waals surface area contributed by atoms with Crippen molar-refractivity contribution in [3.63, 3.8) is 0 Å². The molecule has 1 heterocycles. The van der Waals surface area contributed by atoms with Gasteiger partial charge < -0.3 is 15.4 Å². The van der Waals surface area contributed by atoms with Crippen molar-refractivity contribution >= 4 is 23.4 Å². The number of halogens is 1. The number of aliphatic imine (C=N–C) groups is 1. The van der Waals surface area contributed by atoms with Gasteiger partial charge in [-0.1, -0.05) is 0 Å². The number of hydrogen-bond acceptors (Lipinski definition) is 4. The molecule has 6 heteroatoms. The average Bonchev–Trinajstić information content (AvgIpc) is 3.55. The summed E-state index contributed by atoms with van der Waals surface area (Å²) in [5.74, 6) is 0.827. The summed E-state index contributed by atoms with van der Waals surface area (Å²) in [5, 5.41) is 0. The first-order valence-electron chi connectivity index (χ1n) is 10.3. The lowest BCUT2D eigenvalue weighted by Gasteiger charge is -2.36. The van der Waals surface area contributed by atoms with Crippen molar-refractivity contribution < 1.29 is 13.9 Å². The summed E-state index contributed by atoms with van der Waals surface area (Å²) < 4.78 is 19.7. The topological polar surface area (TPSA) is 67.9 Å². The van der Waals surface area contributed by atoms with E-state index in [0.717, 1.165) is 48.1 Å². The molecular weight excluding hydrogens is 381 g/mol. The molecule has 1 fully saturated rings. The van der Waals surface area contributed by atoms with Gasteiger partial charge in [0, 0.05) is 42.1 Å². The first-order valence-corrected chi connectivity index (χ1v) is 10.3. The fourth-order valence-corrected chi connectivity index (χ4v) is 3.86. The number of benzene rings is 2. The van der Waals surface area contributed by atoms with Crippen molar-refractivity contribution in [2.75, 3.05) is 4.90 Å². The number of allylic oxidation sites excluding steroid dienone is 1. The first kappa shape index (κ1) is 20.1. The minimum atomic E-state index is -0.326. The number of fused-ring (bicyclic) bond motifs is 1. The van der Waals surface area contributed by atoms with E-state index in [1.54, 1.807) is 25.3 Å². The van der Waals surface area contributed by atoms with Crippen LogP contribution in [0.25, 0.3) is 5.57 Å². The van der Waals surface area contributed by atoms with Crippen molar-refractivity contribution in [1.82, 2.24) is 0 Å². The predicted octanol–water partition coefficient (Wildman–Crippen LogP) is 4.84. The van der Waals surface area contributed by atoms with Gasteiger partial charge in [0.05, 0.1) is 11.7 Å². The Balaban J connectivity index is 1.83.